The number of hydrogen-bond donors (Lipinski definition) is 1. The average Bonchev–Trinajstić information content (AvgIpc) is 2.89. The molecule has 0 spiro atoms. The number of aryl methyl sites for hydroxylation is 1. The third-order valence-electron chi connectivity index (χ3n) is 3.47. The predicted octanol–water partition coefficient (Wildman–Crippen LogP) is 4.60. The van der Waals surface area contributed by atoms with Gasteiger partial charge in [0, 0.05) is 21.7 Å². The fourth-order valence-corrected chi connectivity index (χ4v) is 2.93. The molecule has 1 heterocycles. The predicted molar refractivity (Wildman–Crippen MR) is 85.3 cm³/mol. The van der Waals surface area contributed by atoms with Crippen LogP contribution < -0.4 is 5.32 Å². The second-order valence-electron chi connectivity index (χ2n) is 4.83. The van der Waals surface area contributed by atoms with Crippen molar-refractivity contribution in [2.75, 3.05) is 7.05 Å². The molecular formula is C15H17BrN2O3. The number of benzene rings is 1. The van der Waals surface area contributed by atoms with Gasteiger partial charge in [-0.25, -0.2) is 0 Å². The summed E-state index contributed by atoms with van der Waals surface area (Å²) in [6.07, 6.45) is 0.901. The molecule has 2 aromatic rings. The highest BCUT2D eigenvalue weighted by Crippen LogP contribution is 2.36. The van der Waals surface area contributed by atoms with E-state index >= 15 is 0 Å². The van der Waals surface area contributed by atoms with E-state index in [0.29, 0.717) is 16.9 Å². The highest BCUT2D eigenvalue weighted by Gasteiger charge is 2.19. The SMILES string of the molecule is CCC(NC)c1ccc(-c2cc([N+](=O)[O-])c(C)cc2Br)o1. The van der Waals surface area contributed by atoms with Crippen LogP contribution in [0.15, 0.2) is 33.2 Å². The number of nitrogens with zero attached hydrogens (tertiary/aromatic N) is 1. The molecule has 1 N–H and O–H groups in total. The zero-order valence-corrected chi connectivity index (χ0v) is 13.7. The monoisotopic (exact) mass is 352 g/mol. The third-order valence-corrected chi connectivity index (χ3v) is 4.13. The lowest BCUT2D eigenvalue weighted by molar-refractivity contribution is -0.385. The zero-order chi connectivity index (χ0) is 15.6. The number of rotatable bonds is 5. The fourth-order valence-electron chi connectivity index (χ4n) is 2.28. The number of nitro benzene ring substituents is 1. The molecule has 0 radical (unpaired) electrons. The van der Waals surface area contributed by atoms with Crippen LogP contribution in [0.1, 0.15) is 30.7 Å². The van der Waals surface area contributed by atoms with Crippen molar-refractivity contribution in [1.82, 2.24) is 5.32 Å². The summed E-state index contributed by atoms with van der Waals surface area (Å²) in [5.41, 5.74) is 1.39. The van der Waals surface area contributed by atoms with Crippen molar-refractivity contribution in [1.29, 1.82) is 0 Å². The maximum Gasteiger partial charge on any atom is 0.273 e. The van der Waals surface area contributed by atoms with Crippen LogP contribution in [0.5, 0.6) is 0 Å². The van der Waals surface area contributed by atoms with Gasteiger partial charge in [0.25, 0.3) is 5.69 Å². The van der Waals surface area contributed by atoms with E-state index < -0.39 is 0 Å². The van der Waals surface area contributed by atoms with E-state index in [1.54, 1.807) is 19.1 Å². The van der Waals surface area contributed by atoms with Crippen LogP contribution >= 0.6 is 15.9 Å². The maximum absolute atomic E-state index is 11.1. The standard InChI is InChI=1S/C15H17BrN2O3/c1-4-12(17-3)15-6-5-14(21-15)10-8-13(18(19)20)9(2)7-11(10)16/h5-8,12,17H,4H2,1-3H3. The van der Waals surface area contributed by atoms with E-state index in [1.165, 1.54) is 0 Å². The van der Waals surface area contributed by atoms with Crippen LogP contribution in [-0.4, -0.2) is 12.0 Å². The van der Waals surface area contributed by atoms with Crippen molar-refractivity contribution in [3.63, 3.8) is 0 Å². The lowest BCUT2D eigenvalue weighted by Gasteiger charge is -2.10. The summed E-state index contributed by atoms with van der Waals surface area (Å²) in [6.45, 7) is 3.78. The Morgan fingerprint density at radius 1 is 1.43 bits per heavy atom. The second kappa shape index (κ2) is 6.41. The van der Waals surface area contributed by atoms with Crippen LogP contribution in [0.3, 0.4) is 0 Å². The summed E-state index contributed by atoms with van der Waals surface area (Å²) in [5, 5.41) is 14.2. The van der Waals surface area contributed by atoms with Gasteiger partial charge < -0.3 is 9.73 Å². The molecule has 5 nitrogen and oxygen atoms in total. The molecule has 0 aliphatic rings. The van der Waals surface area contributed by atoms with Crippen LogP contribution in [-0.2, 0) is 0 Å². The molecule has 1 atom stereocenters. The Balaban J connectivity index is 2.47. The number of nitro groups is 1. The number of nitrogens with one attached hydrogen (secondary N) is 1. The highest BCUT2D eigenvalue weighted by molar-refractivity contribution is 9.10. The van der Waals surface area contributed by atoms with E-state index in [0.717, 1.165) is 16.7 Å². The first kappa shape index (κ1) is 15.7. The summed E-state index contributed by atoms with van der Waals surface area (Å²) in [7, 11) is 1.88. The summed E-state index contributed by atoms with van der Waals surface area (Å²) in [4.78, 5) is 10.7. The number of hydrogen-bond acceptors (Lipinski definition) is 4. The molecule has 0 fully saturated rings. The minimum atomic E-state index is -0.377. The topological polar surface area (TPSA) is 68.3 Å². The second-order valence-corrected chi connectivity index (χ2v) is 5.68. The molecule has 1 aromatic heterocycles. The van der Waals surface area contributed by atoms with Gasteiger partial charge in [0.2, 0.25) is 0 Å². The minimum absolute atomic E-state index is 0.0896. The molecule has 0 aliphatic carbocycles. The van der Waals surface area contributed by atoms with Crippen LogP contribution in [0, 0.1) is 17.0 Å². The summed E-state index contributed by atoms with van der Waals surface area (Å²) < 4.78 is 6.64. The lowest BCUT2D eigenvalue weighted by Crippen LogP contribution is -2.14. The molecule has 2 rings (SSSR count). The average molecular weight is 353 g/mol. The molecule has 0 bridgehead atoms. The fraction of sp³-hybridized carbons (Fsp3) is 0.333. The normalized spacial score (nSPS) is 12.4. The first-order valence-corrected chi connectivity index (χ1v) is 7.49. The van der Waals surface area contributed by atoms with Gasteiger partial charge in [0.1, 0.15) is 11.5 Å². The quantitative estimate of drug-likeness (QED) is 0.630. The number of furan rings is 1. The summed E-state index contributed by atoms with van der Waals surface area (Å²) >= 11 is 3.45. The Hall–Kier alpha value is -1.66. The van der Waals surface area contributed by atoms with Crippen molar-refractivity contribution in [3.05, 3.63) is 50.2 Å². The van der Waals surface area contributed by atoms with Crippen LogP contribution in [0.25, 0.3) is 11.3 Å². The minimum Gasteiger partial charge on any atom is -0.459 e. The van der Waals surface area contributed by atoms with Gasteiger partial charge in [0.05, 0.1) is 11.0 Å². The Bertz CT molecular complexity index is 663. The van der Waals surface area contributed by atoms with E-state index in [-0.39, 0.29) is 16.7 Å². The molecule has 0 aliphatic heterocycles. The van der Waals surface area contributed by atoms with Crippen molar-refractivity contribution < 1.29 is 9.34 Å². The smallest absolute Gasteiger partial charge is 0.273 e. The molecule has 6 heteroatoms. The molecule has 0 saturated heterocycles. The Labute approximate surface area is 131 Å². The van der Waals surface area contributed by atoms with Gasteiger partial charge in [0.15, 0.2) is 0 Å². The third kappa shape index (κ3) is 3.16. The Kier molecular flexibility index (Phi) is 4.80. The van der Waals surface area contributed by atoms with Gasteiger partial charge in [-0.3, -0.25) is 10.1 Å². The largest absolute Gasteiger partial charge is 0.459 e. The molecule has 1 unspecified atom stereocenters. The molecule has 112 valence electrons. The Morgan fingerprint density at radius 2 is 2.14 bits per heavy atom. The van der Waals surface area contributed by atoms with E-state index in [9.17, 15) is 10.1 Å². The van der Waals surface area contributed by atoms with E-state index in [4.69, 9.17) is 4.42 Å². The van der Waals surface area contributed by atoms with Crippen molar-refractivity contribution in [2.45, 2.75) is 26.3 Å². The highest BCUT2D eigenvalue weighted by atomic mass is 79.9. The van der Waals surface area contributed by atoms with Gasteiger partial charge >= 0.3 is 0 Å². The van der Waals surface area contributed by atoms with Gasteiger partial charge in [-0.1, -0.05) is 22.9 Å². The van der Waals surface area contributed by atoms with Crippen molar-refractivity contribution >= 4 is 21.6 Å². The van der Waals surface area contributed by atoms with Gasteiger partial charge in [-0.2, -0.15) is 0 Å². The molecular weight excluding hydrogens is 336 g/mol. The first-order valence-electron chi connectivity index (χ1n) is 6.69. The maximum atomic E-state index is 11.1. The molecule has 1 aromatic carbocycles. The van der Waals surface area contributed by atoms with Crippen LogP contribution in [0.4, 0.5) is 5.69 Å². The van der Waals surface area contributed by atoms with E-state index in [2.05, 4.69) is 28.2 Å². The van der Waals surface area contributed by atoms with Gasteiger partial charge in [-0.15, -0.1) is 0 Å². The Morgan fingerprint density at radius 3 is 2.71 bits per heavy atom. The van der Waals surface area contributed by atoms with Gasteiger partial charge in [-0.05, 0) is 38.6 Å². The zero-order valence-electron chi connectivity index (χ0n) is 12.1. The molecule has 21 heavy (non-hydrogen) atoms. The summed E-state index contributed by atoms with van der Waals surface area (Å²) in [5.74, 6) is 1.44. The number of halogens is 1. The first-order chi connectivity index (χ1) is 9.97. The molecule has 0 amide bonds. The lowest BCUT2D eigenvalue weighted by atomic mass is 10.1. The van der Waals surface area contributed by atoms with Crippen molar-refractivity contribution in [3.8, 4) is 11.3 Å². The van der Waals surface area contributed by atoms with Crippen molar-refractivity contribution in [2.24, 2.45) is 0 Å². The van der Waals surface area contributed by atoms with E-state index in [1.807, 2.05) is 19.2 Å². The molecule has 0 saturated carbocycles. The van der Waals surface area contributed by atoms with Crippen LogP contribution in [0.2, 0.25) is 0 Å². The summed E-state index contributed by atoms with van der Waals surface area (Å²) in [6, 6.07) is 7.16.